The summed E-state index contributed by atoms with van der Waals surface area (Å²) in [6, 6.07) is 10.6. The number of rotatable bonds is 10. The molecule has 1 fully saturated rings. The van der Waals surface area contributed by atoms with E-state index in [0.29, 0.717) is 56.3 Å². The average molecular weight is 479 g/mol. The predicted molar refractivity (Wildman–Crippen MR) is 121 cm³/mol. The maximum Gasteiger partial charge on any atom is 0.303 e. The number of Topliss-reactive ketones (excluding diaryl/α,β-unsaturated/α-hetero) is 1. The number of hydrogen-bond acceptors (Lipinski definition) is 7. The Morgan fingerprint density at radius 2 is 1.70 bits per heavy atom. The molecule has 178 valence electrons. The summed E-state index contributed by atoms with van der Waals surface area (Å²) in [5.41, 5.74) is 0.854. The summed E-state index contributed by atoms with van der Waals surface area (Å²) in [5, 5.41) is 8.66. The van der Waals surface area contributed by atoms with E-state index in [1.165, 1.54) is 12.1 Å². The van der Waals surface area contributed by atoms with Crippen molar-refractivity contribution < 1.29 is 32.2 Å². The molecule has 0 aromatic heterocycles. The van der Waals surface area contributed by atoms with E-state index >= 15 is 0 Å². The maximum absolute atomic E-state index is 14.4. The van der Waals surface area contributed by atoms with Gasteiger partial charge in [0.25, 0.3) is 0 Å². The minimum atomic E-state index is -3.45. The Kier molecular flexibility index (Phi) is 8.04. The monoisotopic (exact) mass is 478 g/mol. The molecule has 2 aromatic carbocycles. The lowest BCUT2D eigenvalue weighted by Gasteiger charge is -2.36. The van der Waals surface area contributed by atoms with Crippen molar-refractivity contribution in [1.82, 2.24) is 4.90 Å². The fraction of sp³-hybridized carbons (Fsp3) is 0.391. The minimum Gasteiger partial charge on any atom is -0.492 e. The van der Waals surface area contributed by atoms with Crippen LogP contribution in [0.3, 0.4) is 0 Å². The zero-order chi connectivity index (χ0) is 24.0. The van der Waals surface area contributed by atoms with E-state index in [1.54, 1.807) is 24.3 Å². The number of halogens is 1. The van der Waals surface area contributed by atoms with E-state index in [0.717, 1.165) is 12.3 Å². The Morgan fingerprint density at radius 1 is 1.03 bits per heavy atom. The summed E-state index contributed by atoms with van der Waals surface area (Å²) >= 11 is 0. The first-order chi connectivity index (χ1) is 15.6. The van der Waals surface area contributed by atoms with Gasteiger partial charge in [-0.3, -0.25) is 14.5 Å². The van der Waals surface area contributed by atoms with Gasteiger partial charge < -0.3 is 14.7 Å². The summed E-state index contributed by atoms with van der Waals surface area (Å²) in [5.74, 6) is -1.14. The summed E-state index contributed by atoms with van der Waals surface area (Å²) in [6.45, 7) is 3.79. The van der Waals surface area contributed by atoms with Crippen LogP contribution in [0.15, 0.2) is 47.4 Å². The Hall–Kier alpha value is -2.98. The molecule has 1 heterocycles. The first kappa shape index (κ1) is 24.7. The van der Waals surface area contributed by atoms with Crippen LogP contribution in [0.25, 0.3) is 0 Å². The number of benzene rings is 2. The fourth-order valence-electron chi connectivity index (χ4n) is 3.58. The molecule has 0 unspecified atom stereocenters. The molecule has 10 heteroatoms. The first-order valence-electron chi connectivity index (χ1n) is 10.6. The molecule has 2 aromatic rings. The number of ether oxygens (including phenoxy) is 1. The van der Waals surface area contributed by atoms with Crippen LogP contribution < -0.4 is 9.64 Å². The molecule has 1 saturated heterocycles. The molecule has 1 aliphatic heterocycles. The predicted octanol–water partition coefficient (Wildman–Crippen LogP) is 2.48. The van der Waals surface area contributed by atoms with Gasteiger partial charge in [-0.1, -0.05) is 0 Å². The minimum absolute atomic E-state index is 0.0304. The van der Waals surface area contributed by atoms with Crippen molar-refractivity contribution in [2.24, 2.45) is 0 Å². The van der Waals surface area contributed by atoms with E-state index < -0.39 is 21.6 Å². The topological polar surface area (TPSA) is 104 Å². The van der Waals surface area contributed by atoms with Crippen LogP contribution in [-0.4, -0.2) is 75.8 Å². The summed E-state index contributed by atoms with van der Waals surface area (Å²) < 4.78 is 43.3. The van der Waals surface area contributed by atoms with Gasteiger partial charge in [0.2, 0.25) is 0 Å². The summed E-state index contributed by atoms with van der Waals surface area (Å²) in [4.78, 5) is 26.6. The molecule has 1 aliphatic rings. The Balaban J connectivity index is 1.43. The highest BCUT2D eigenvalue weighted by Crippen LogP contribution is 2.24. The van der Waals surface area contributed by atoms with Crippen molar-refractivity contribution in [3.8, 4) is 5.75 Å². The van der Waals surface area contributed by atoms with Gasteiger partial charge in [-0.15, -0.1) is 0 Å². The number of hydrogen-bond donors (Lipinski definition) is 1. The lowest BCUT2D eigenvalue weighted by Crippen LogP contribution is -2.47. The SMILES string of the molecule is CS(=O)(=O)c1ccc(N2CCN(CCOc3ccc(C(=O)CCC(=O)O)cc3)CC2)c(F)c1. The summed E-state index contributed by atoms with van der Waals surface area (Å²) in [7, 11) is -3.45. The van der Waals surface area contributed by atoms with Crippen molar-refractivity contribution in [3.63, 3.8) is 0 Å². The number of nitrogens with zero attached hydrogens (tertiary/aromatic N) is 2. The normalized spacial score (nSPS) is 14.8. The lowest BCUT2D eigenvalue weighted by molar-refractivity contribution is -0.136. The van der Waals surface area contributed by atoms with Crippen LogP contribution in [0.5, 0.6) is 5.75 Å². The van der Waals surface area contributed by atoms with Gasteiger partial charge in [0.05, 0.1) is 17.0 Å². The fourth-order valence-corrected chi connectivity index (χ4v) is 4.21. The molecule has 33 heavy (non-hydrogen) atoms. The Bertz CT molecular complexity index is 1100. The standard InChI is InChI=1S/C23H27FN2O6S/c1-33(30,31)19-6-7-21(20(24)16-19)26-12-10-25(11-13-26)14-15-32-18-4-2-17(3-5-18)22(27)8-9-23(28)29/h2-7,16H,8-15H2,1H3,(H,28,29). The van der Waals surface area contributed by atoms with E-state index in [9.17, 15) is 22.4 Å². The number of carboxylic acids is 1. The van der Waals surface area contributed by atoms with Crippen LogP contribution in [0.1, 0.15) is 23.2 Å². The van der Waals surface area contributed by atoms with Crippen molar-refractivity contribution in [2.75, 3.05) is 50.5 Å². The van der Waals surface area contributed by atoms with Gasteiger partial charge in [-0.25, -0.2) is 12.8 Å². The molecule has 0 amide bonds. The van der Waals surface area contributed by atoms with Gasteiger partial charge >= 0.3 is 5.97 Å². The molecular weight excluding hydrogens is 451 g/mol. The number of carbonyl (C=O) groups excluding carboxylic acids is 1. The molecule has 8 nitrogen and oxygen atoms in total. The third-order valence-electron chi connectivity index (χ3n) is 5.48. The second-order valence-corrected chi connectivity index (χ2v) is 9.92. The first-order valence-corrected chi connectivity index (χ1v) is 12.5. The van der Waals surface area contributed by atoms with Crippen LogP contribution >= 0.6 is 0 Å². The molecule has 0 bridgehead atoms. The van der Waals surface area contributed by atoms with Gasteiger partial charge in [0.15, 0.2) is 15.6 Å². The second-order valence-electron chi connectivity index (χ2n) is 7.90. The van der Waals surface area contributed by atoms with E-state index in [1.807, 2.05) is 4.90 Å². The third-order valence-corrected chi connectivity index (χ3v) is 6.59. The van der Waals surface area contributed by atoms with Gasteiger partial charge in [-0.05, 0) is 42.5 Å². The van der Waals surface area contributed by atoms with Crippen molar-refractivity contribution in [2.45, 2.75) is 17.7 Å². The summed E-state index contributed by atoms with van der Waals surface area (Å²) in [6.07, 6.45) is 0.828. The van der Waals surface area contributed by atoms with Crippen LogP contribution in [-0.2, 0) is 14.6 Å². The zero-order valence-electron chi connectivity index (χ0n) is 18.4. The molecule has 0 atom stereocenters. The smallest absolute Gasteiger partial charge is 0.303 e. The van der Waals surface area contributed by atoms with Crippen molar-refractivity contribution in [1.29, 1.82) is 0 Å². The molecule has 1 N–H and O–H groups in total. The number of aliphatic carboxylic acids is 1. The highest BCUT2D eigenvalue weighted by Gasteiger charge is 2.21. The molecule has 3 rings (SSSR count). The number of anilines is 1. The van der Waals surface area contributed by atoms with Gasteiger partial charge in [0.1, 0.15) is 18.2 Å². The molecule has 0 spiro atoms. The van der Waals surface area contributed by atoms with E-state index in [2.05, 4.69) is 4.90 Å². The number of carbonyl (C=O) groups is 2. The molecular formula is C23H27FN2O6S. The average Bonchev–Trinajstić information content (AvgIpc) is 2.78. The van der Waals surface area contributed by atoms with Crippen LogP contribution in [0.4, 0.5) is 10.1 Å². The van der Waals surface area contributed by atoms with E-state index in [4.69, 9.17) is 9.84 Å². The number of piperazine rings is 1. The quantitative estimate of drug-likeness (QED) is 0.520. The lowest BCUT2D eigenvalue weighted by atomic mass is 10.1. The highest BCUT2D eigenvalue weighted by atomic mass is 32.2. The Morgan fingerprint density at radius 3 is 2.27 bits per heavy atom. The largest absolute Gasteiger partial charge is 0.492 e. The van der Waals surface area contributed by atoms with E-state index in [-0.39, 0.29) is 23.5 Å². The van der Waals surface area contributed by atoms with Gasteiger partial charge in [-0.2, -0.15) is 0 Å². The zero-order valence-corrected chi connectivity index (χ0v) is 19.2. The number of sulfone groups is 1. The van der Waals surface area contributed by atoms with Crippen molar-refractivity contribution >= 4 is 27.3 Å². The second kappa shape index (κ2) is 10.8. The van der Waals surface area contributed by atoms with Gasteiger partial charge in [0, 0.05) is 51.0 Å². The van der Waals surface area contributed by atoms with Crippen LogP contribution in [0.2, 0.25) is 0 Å². The molecule has 0 saturated carbocycles. The third kappa shape index (κ3) is 7.00. The molecule has 0 radical (unpaired) electrons. The highest BCUT2D eigenvalue weighted by molar-refractivity contribution is 7.90. The Labute approximate surface area is 192 Å². The molecule has 0 aliphatic carbocycles. The maximum atomic E-state index is 14.4. The number of carboxylic acid groups (broad SMARTS) is 1. The number of ketones is 1. The van der Waals surface area contributed by atoms with Crippen LogP contribution in [0, 0.1) is 5.82 Å². The van der Waals surface area contributed by atoms with Crippen molar-refractivity contribution in [3.05, 3.63) is 53.8 Å².